The summed E-state index contributed by atoms with van der Waals surface area (Å²) in [6, 6.07) is 10.6. The van der Waals surface area contributed by atoms with E-state index < -0.39 is 0 Å². The summed E-state index contributed by atoms with van der Waals surface area (Å²) in [7, 11) is 0. The Bertz CT molecular complexity index is 554. The Kier molecular flexibility index (Phi) is 6.09. The van der Waals surface area contributed by atoms with Gasteiger partial charge >= 0.3 is 0 Å². The molecule has 114 valence electrons. The first-order valence-corrected chi connectivity index (χ1v) is 8.71. The molecule has 0 aliphatic rings. The van der Waals surface area contributed by atoms with Gasteiger partial charge in [-0.2, -0.15) is 0 Å². The number of nitrogens with zero attached hydrogens (tertiary/aromatic N) is 1. The van der Waals surface area contributed by atoms with Gasteiger partial charge in [0, 0.05) is 28.2 Å². The minimum Gasteiger partial charge on any atom is -0.366 e. The van der Waals surface area contributed by atoms with Crippen LogP contribution in [0, 0.1) is 0 Å². The van der Waals surface area contributed by atoms with Crippen molar-refractivity contribution in [3.05, 3.63) is 51.2 Å². The van der Waals surface area contributed by atoms with Gasteiger partial charge in [0.25, 0.3) is 0 Å². The molecular formula is C17H23ClN2S. The number of thiophene rings is 1. The van der Waals surface area contributed by atoms with E-state index in [1.165, 1.54) is 16.1 Å². The van der Waals surface area contributed by atoms with Gasteiger partial charge in [-0.25, -0.2) is 0 Å². The molecule has 0 spiro atoms. The summed E-state index contributed by atoms with van der Waals surface area (Å²) in [6.07, 6.45) is 1.79. The molecule has 1 unspecified atom stereocenters. The van der Waals surface area contributed by atoms with Crippen LogP contribution in [0.2, 0.25) is 5.02 Å². The van der Waals surface area contributed by atoms with Gasteiger partial charge in [0.05, 0.1) is 6.54 Å². The Labute approximate surface area is 136 Å². The molecule has 0 aliphatic carbocycles. The van der Waals surface area contributed by atoms with Crippen LogP contribution in [0.5, 0.6) is 0 Å². The number of halogens is 1. The Hall–Kier alpha value is -1.03. The molecule has 0 amide bonds. The molecule has 21 heavy (non-hydrogen) atoms. The van der Waals surface area contributed by atoms with E-state index >= 15 is 0 Å². The van der Waals surface area contributed by atoms with Crippen molar-refractivity contribution in [1.29, 1.82) is 0 Å². The number of nitrogens with two attached hydrogens (primary N) is 1. The monoisotopic (exact) mass is 322 g/mol. The third-order valence-corrected chi connectivity index (χ3v) is 4.95. The fourth-order valence-corrected chi connectivity index (χ4v) is 3.38. The standard InChI is InChI=1S/C17H23ClN2S/c1-3-13(19)11-15-16(18)8-5-9-17(15)20(4-2)12-14-7-6-10-21-14/h5-10,13H,3-4,11-12,19H2,1-2H3. The predicted octanol–water partition coefficient (Wildman–Crippen LogP) is 4.71. The third kappa shape index (κ3) is 4.22. The smallest absolute Gasteiger partial charge is 0.0522 e. The first-order valence-electron chi connectivity index (χ1n) is 7.46. The second-order valence-corrected chi connectivity index (χ2v) is 6.64. The number of hydrogen-bond acceptors (Lipinski definition) is 3. The molecule has 2 nitrogen and oxygen atoms in total. The highest BCUT2D eigenvalue weighted by molar-refractivity contribution is 7.09. The molecule has 1 aromatic heterocycles. The molecule has 2 aromatic rings. The molecule has 0 bridgehead atoms. The lowest BCUT2D eigenvalue weighted by molar-refractivity contribution is 0.644. The van der Waals surface area contributed by atoms with E-state index in [4.69, 9.17) is 17.3 Å². The molecule has 0 saturated carbocycles. The molecule has 0 fully saturated rings. The van der Waals surface area contributed by atoms with Gasteiger partial charge in [-0.1, -0.05) is 30.7 Å². The molecular weight excluding hydrogens is 300 g/mol. The van der Waals surface area contributed by atoms with Crippen LogP contribution in [0.25, 0.3) is 0 Å². The van der Waals surface area contributed by atoms with Crippen molar-refractivity contribution >= 4 is 28.6 Å². The van der Waals surface area contributed by atoms with Gasteiger partial charge in [-0.15, -0.1) is 11.3 Å². The quantitative estimate of drug-likeness (QED) is 0.800. The zero-order valence-electron chi connectivity index (χ0n) is 12.7. The summed E-state index contributed by atoms with van der Waals surface area (Å²) >= 11 is 8.22. The van der Waals surface area contributed by atoms with E-state index in [0.717, 1.165) is 31.0 Å². The molecule has 0 saturated heterocycles. The van der Waals surface area contributed by atoms with E-state index in [1.807, 2.05) is 12.1 Å². The van der Waals surface area contributed by atoms with Gasteiger partial charge in [-0.05, 0) is 48.9 Å². The summed E-state index contributed by atoms with van der Waals surface area (Å²) in [5.74, 6) is 0. The second kappa shape index (κ2) is 7.83. The first-order chi connectivity index (χ1) is 10.2. The van der Waals surface area contributed by atoms with E-state index in [0.29, 0.717) is 0 Å². The van der Waals surface area contributed by atoms with Gasteiger partial charge in [0.2, 0.25) is 0 Å². The summed E-state index contributed by atoms with van der Waals surface area (Å²) in [6.45, 7) is 6.16. The fourth-order valence-electron chi connectivity index (χ4n) is 2.41. The minimum atomic E-state index is 0.157. The van der Waals surface area contributed by atoms with Crippen molar-refractivity contribution in [3.63, 3.8) is 0 Å². The van der Waals surface area contributed by atoms with Crippen molar-refractivity contribution in [3.8, 4) is 0 Å². The van der Waals surface area contributed by atoms with Crippen LogP contribution in [0.3, 0.4) is 0 Å². The molecule has 1 atom stereocenters. The maximum Gasteiger partial charge on any atom is 0.0522 e. The van der Waals surface area contributed by atoms with Gasteiger partial charge in [-0.3, -0.25) is 0 Å². The average molecular weight is 323 g/mol. The van der Waals surface area contributed by atoms with Crippen LogP contribution < -0.4 is 10.6 Å². The Morgan fingerprint density at radius 2 is 2.05 bits per heavy atom. The lowest BCUT2D eigenvalue weighted by Gasteiger charge is -2.27. The second-order valence-electron chi connectivity index (χ2n) is 5.20. The van der Waals surface area contributed by atoms with Crippen LogP contribution in [0.15, 0.2) is 35.7 Å². The molecule has 1 heterocycles. The van der Waals surface area contributed by atoms with Crippen LogP contribution in [-0.2, 0) is 13.0 Å². The highest BCUT2D eigenvalue weighted by Gasteiger charge is 2.15. The Morgan fingerprint density at radius 3 is 2.67 bits per heavy atom. The van der Waals surface area contributed by atoms with Crippen molar-refractivity contribution < 1.29 is 0 Å². The lowest BCUT2D eigenvalue weighted by atomic mass is 10.0. The summed E-state index contributed by atoms with van der Waals surface area (Å²) in [4.78, 5) is 3.73. The zero-order chi connectivity index (χ0) is 15.2. The minimum absolute atomic E-state index is 0.157. The predicted molar refractivity (Wildman–Crippen MR) is 94.5 cm³/mol. The number of anilines is 1. The molecule has 1 aromatic carbocycles. The number of rotatable bonds is 7. The third-order valence-electron chi connectivity index (χ3n) is 3.73. The maximum atomic E-state index is 6.43. The van der Waals surface area contributed by atoms with Gasteiger partial charge < -0.3 is 10.6 Å². The van der Waals surface area contributed by atoms with E-state index in [1.54, 1.807) is 11.3 Å². The van der Waals surface area contributed by atoms with Crippen molar-refractivity contribution in [1.82, 2.24) is 0 Å². The topological polar surface area (TPSA) is 29.3 Å². The molecule has 0 aliphatic heterocycles. The van der Waals surface area contributed by atoms with Crippen molar-refractivity contribution in [2.45, 2.75) is 39.3 Å². The molecule has 4 heteroatoms. The summed E-state index contributed by atoms with van der Waals surface area (Å²) in [5, 5.41) is 2.94. The van der Waals surface area contributed by atoms with E-state index in [2.05, 4.69) is 42.3 Å². The number of hydrogen-bond donors (Lipinski definition) is 1. The SMILES string of the molecule is CCC(N)Cc1c(Cl)cccc1N(CC)Cc1cccs1. The Morgan fingerprint density at radius 1 is 1.24 bits per heavy atom. The van der Waals surface area contributed by atoms with Crippen molar-refractivity contribution in [2.24, 2.45) is 5.73 Å². The zero-order valence-corrected chi connectivity index (χ0v) is 14.3. The van der Waals surface area contributed by atoms with Gasteiger partial charge in [0.1, 0.15) is 0 Å². The van der Waals surface area contributed by atoms with Crippen molar-refractivity contribution in [2.75, 3.05) is 11.4 Å². The Balaban J connectivity index is 2.29. The average Bonchev–Trinajstić information content (AvgIpc) is 3.00. The van der Waals surface area contributed by atoms with Crippen LogP contribution in [-0.4, -0.2) is 12.6 Å². The fraction of sp³-hybridized carbons (Fsp3) is 0.412. The largest absolute Gasteiger partial charge is 0.366 e. The molecule has 0 radical (unpaired) electrons. The normalized spacial score (nSPS) is 12.4. The summed E-state index contributed by atoms with van der Waals surface area (Å²) in [5.41, 5.74) is 8.53. The summed E-state index contributed by atoms with van der Waals surface area (Å²) < 4.78 is 0. The lowest BCUT2D eigenvalue weighted by Crippen LogP contribution is -2.26. The van der Waals surface area contributed by atoms with Crippen LogP contribution in [0.4, 0.5) is 5.69 Å². The van der Waals surface area contributed by atoms with Crippen LogP contribution >= 0.6 is 22.9 Å². The van der Waals surface area contributed by atoms with E-state index in [-0.39, 0.29) is 6.04 Å². The van der Waals surface area contributed by atoms with Gasteiger partial charge in [0.15, 0.2) is 0 Å². The van der Waals surface area contributed by atoms with Crippen LogP contribution in [0.1, 0.15) is 30.7 Å². The highest BCUT2D eigenvalue weighted by Crippen LogP contribution is 2.30. The first kappa shape index (κ1) is 16.3. The maximum absolute atomic E-state index is 6.43. The van der Waals surface area contributed by atoms with E-state index in [9.17, 15) is 0 Å². The highest BCUT2D eigenvalue weighted by atomic mass is 35.5. The molecule has 2 rings (SSSR count). The molecule has 2 N–H and O–H groups in total. The number of benzene rings is 1.